The van der Waals surface area contributed by atoms with Gasteiger partial charge in [-0.2, -0.15) is 0 Å². The number of rotatable bonds is 5. The van der Waals surface area contributed by atoms with Crippen molar-refractivity contribution in [3.05, 3.63) is 69.3 Å². The number of morpholine rings is 1. The summed E-state index contributed by atoms with van der Waals surface area (Å²) in [6, 6.07) is 12.5. The Balaban J connectivity index is 1.74. The maximum Gasteiger partial charge on any atom is 0.293 e. The highest BCUT2D eigenvalue weighted by Crippen LogP contribution is 2.29. The third-order valence-electron chi connectivity index (χ3n) is 4.36. The van der Waals surface area contributed by atoms with Gasteiger partial charge in [0, 0.05) is 31.3 Å². The summed E-state index contributed by atoms with van der Waals surface area (Å²) in [5.74, 6) is -0.331. The highest BCUT2D eigenvalue weighted by atomic mass is 16.6. The van der Waals surface area contributed by atoms with E-state index < -0.39 is 4.92 Å². The van der Waals surface area contributed by atoms with Crippen molar-refractivity contribution in [2.75, 3.05) is 31.2 Å². The van der Waals surface area contributed by atoms with Gasteiger partial charge < -0.3 is 15.0 Å². The fourth-order valence-corrected chi connectivity index (χ4v) is 2.87. The Morgan fingerprint density at radius 3 is 2.54 bits per heavy atom. The van der Waals surface area contributed by atoms with Gasteiger partial charge in [0.1, 0.15) is 5.69 Å². The second-order valence-electron chi connectivity index (χ2n) is 6.23. The Labute approximate surface area is 151 Å². The molecule has 7 nitrogen and oxygen atoms in total. The average molecular weight is 355 g/mol. The molecule has 2 aromatic carbocycles. The van der Waals surface area contributed by atoms with E-state index in [1.807, 2.05) is 36.1 Å². The highest BCUT2D eigenvalue weighted by molar-refractivity contribution is 5.95. The largest absolute Gasteiger partial charge is 0.378 e. The number of carbonyl (C=O) groups excluding carboxylic acids is 1. The molecule has 26 heavy (non-hydrogen) atoms. The third-order valence-corrected chi connectivity index (χ3v) is 4.36. The lowest BCUT2D eigenvalue weighted by atomic mass is 10.1. The van der Waals surface area contributed by atoms with Crippen LogP contribution >= 0.6 is 0 Å². The van der Waals surface area contributed by atoms with Crippen LogP contribution in [0.4, 0.5) is 11.4 Å². The second kappa shape index (κ2) is 7.97. The van der Waals surface area contributed by atoms with Gasteiger partial charge in [-0.3, -0.25) is 14.9 Å². The molecule has 0 aliphatic carbocycles. The Kier molecular flexibility index (Phi) is 5.48. The lowest BCUT2D eigenvalue weighted by molar-refractivity contribution is -0.384. The van der Waals surface area contributed by atoms with Crippen LogP contribution in [0.5, 0.6) is 0 Å². The van der Waals surface area contributed by atoms with Crippen molar-refractivity contribution < 1.29 is 14.5 Å². The molecule has 0 unspecified atom stereocenters. The van der Waals surface area contributed by atoms with Crippen LogP contribution in [0.1, 0.15) is 21.5 Å². The number of hydrogen-bond acceptors (Lipinski definition) is 5. The average Bonchev–Trinajstić information content (AvgIpc) is 2.67. The van der Waals surface area contributed by atoms with Crippen LogP contribution in [0.25, 0.3) is 0 Å². The SMILES string of the molecule is Cc1ccc(CNC(=O)c2ccc(N3CCOCC3)c([N+](=O)[O-])c2)cc1. The van der Waals surface area contributed by atoms with Gasteiger partial charge in [-0.1, -0.05) is 29.8 Å². The summed E-state index contributed by atoms with van der Waals surface area (Å²) in [6.07, 6.45) is 0. The van der Waals surface area contributed by atoms with Crippen molar-refractivity contribution in [1.82, 2.24) is 5.32 Å². The zero-order valence-electron chi connectivity index (χ0n) is 14.6. The number of nitro benzene ring substituents is 1. The molecular weight excluding hydrogens is 334 g/mol. The minimum atomic E-state index is -0.443. The number of amides is 1. The summed E-state index contributed by atoms with van der Waals surface area (Å²) < 4.78 is 5.29. The van der Waals surface area contributed by atoms with Gasteiger partial charge in [-0.25, -0.2) is 0 Å². The zero-order chi connectivity index (χ0) is 18.5. The van der Waals surface area contributed by atoms with Gasteiger partial charge >= 0.3 is 0 Å². The first-order valence-corrected chi connectivity index (χ1v) is 8.49. The van der Waals surface area contributed by atoms with Gasteiger partial charge in [0.25, 0.3) is 11.6 Å². The first-order chi connectivity index (χ1) is 12.5. The van der Waals surface area contributed by atoms with Gasteiger partial charge in [-0.05, 0) is 24.6 Å². The number of aryl methyl sites for hydroxylation is 1. The quantitative estimate of drug-likeness (QED) is 0.658. The lowest BCUT2D eigenvalue weighted by Crippen LogP contribution is -2.36. The highest BCUT2D eigenvalue weighted by Gasteiger charge is 2.23. The molecule has 2 aromatic rings. The molecule has 1 N–H and O–H groups in total. The maximum absolute atomic E-state index is 12.4. The fraction of sp³-hybridized carbons (Fsp3) is 0.316. The van der Waals surface area contributed by atoms with Gasteiger partial charge in [0.15, 0.2) is 0 Å². The Morgan fingerprint density at radius 2 is 1.88 bits per heavy atom. The van der Waals surface area contributed by atoms with Crippen LogP contribution in [0.2, 0.25) is 0 Å². The minimum absolute atomic E-state index is 0.0603. The van der Waals surface area contributed by atoms with E-state index in [0.29, 0.717) is 38.5 Å². The second-order valence-corrected chi connectivity index (χ2v) is 6.23. The van der Waals surface area contributed by atoms with Crippen molar-refractivity contribution in [2.45, 2.75) is 13.5 Å². The van der Waals surface area contributed by atoms with E-state index >= 15 is 0 Å². The summed E-state index contributed by atoms with van der Waals surface area (Å²) in [7, 11) is 0. The van der Waals surface area contributed by atoms with Crippen LogP contribution in [-0.2, 0) is 11.3 Å². The predicted molar refractivity (Wildman–Crippen MR) is 98.5 cm³/mol. The van der Waals surface area contributed by atoms with Crippen molar-refractivity contribution in [1.29, 1.82) is 0 Å². The van der Waals surface area contributed by atoms with Crippen molar-refractivity contribution >= 4 is 17.3 Å². The van der Waals surface area contributed by atoms with E-state index in [1.165, 1.54) is 6.07 Å². The number of nitrogens with one attached hydrogen (secondary N) is 1. The molecule has 0 aromatic heterocycles. The zero-order valence-corrected chi connectivity index (χ0v) is 14.6. The van der Waals surface area contributed by atoms with E-state index in [-0.39, 0.29) is 17.2 Å². The fourth-order valence-electron chi connectivity index (χ4n) is 2.87. The molecule has 7 heteroatoms. The van der Waals surface area contributed by atoms with E-state index in [2.05, 4.69) is 5.32 Å². The van der Waals surface area contributed by atoms with Crippen LogP contribution in [0.3, 0.4) is 0 Å². The van der Waals surface area contributed by atoms with E-state index in [1.54, 1.807) is 12.1 Å². The molecule has 0 atom stereocenters. The van der Waals surface area contributed by atoms with Crippen molar-refractivity contribution in [2.24, 2.45) is 0 Å². The van der Waals surface area contributed by atoms with Crippen molar-refractivity contribution in [3.63, 3.8) is 0 Å². The minimum Gasteiger partial charge on any atom is -0.378 e. The molecule has 0 spiro atoms. The van der Waals surface area contributed by atoms with Gasteiger partial charge in [0.05, 0.1) is 18.1 Å². The summed E-state index contributed by atoms with van der Waals surface area (Å²) in [5.41, 5.74) is 2.86. The van der Waals surface area contributed by atoms with E-state index in [0.717, 1.165) is 11.1 Å². The number of carbonyl (C=O) groups is 1. The molecule has 1 heterocycles. The summed E-state index contributed by atoms with van der Waals surface area (Å²) in [5, 5.41) is 14.3. The molecule has 136 valence electrons. The molecule has 0 radical (unpaired) electrons. The lowest BCUT2D eigenvalue weighted by Gasteiger charge is -2.28. The summed E-state index contributed by atoms with van der Waals surface area (Å²) in [6.45, 7) is 4.64. The number of nitro groups is 1. The molecule has 3 rings (SSSR count). The maximum atomic E-state index is 12.4. The number of anilines is 1. The Bertz CT molecular complexity index is 799. The Morgan fingerprint density at radius 1 is 1.19 bits per heavy atom. The number of hydrogen-bond donors (Lipinski definition) is 1. The first kappa shape index (κ1) is 17.9. The van der Waals surface area contributed by atoms with Crippen LogP contribution in [0.15, 0.2) is 42.5 Å². The van der Waals surface area contributed by atoms with Crippen molar-refractivity contribution in [3.8, 4) is 0 Å². The van der Waals surface area contributed by atoms with E-state index in [4.69, 9.17) is 4.74 Å². The molecule has 1 aliphatic rings. The van der Waals surface area contributed by atoms with E-state index in [9.17, 15) is 14.9 Å². The summed E-state index contributed by atoms with van der Waals surface area (Å²) >= 11 is 0. The smallest absolute Gasteiger partial charge is 0.293 e. The monoisotopic (exact) mass is 355 g/mol. The molecule has 0 bridgehead atoms. The molecule has 1 amide bonds. The van der Waals surface area contributed by atoms with Crippen LogP contribution in [-0.4, -0.2) is 37.1 Å². The molecule has 1 fully saturated rings. The topological polar surface area (TPSA) is 84.7 Å². The number of ether oxygens (including phenoxy) is 1. The van der Waals surface area contributed by atoms with Gasteiger partial charge in [0.2, 0.25) is 0 Å². The summed E-state index contributed by atoms with van der Waals surface area (Å²) in [4.78, 5) is 25.3. The standard InChI is InChI=1S/C19H21N3O4/c1-14-2-4-15(5-3-14)13-20-19(23)16-6-7-17(18(12-16)22(24)25)21-8-10-26-11-9-21/h2-7,12H,8-11,13H2,1H3,(H,20,23). The third kappa shape index (κ3) is 4.18. The van der Waals surface area contributed by atoms with Crippen LogP contribution < -0.4 is 10.2 Å². The molecular formula is C19H21N3O4. The molecule has 0 saturated carbocycles. The van der Waals surface area contributed by atoms with Gasteiger partial charge in [-0.15, -0.1) is 0 Å². The van der Waals surface area contributed by atoms with Crippen LogP contribution in [0, 0.1) is 17.0 Å². The predicted octanol–water partition coefficient (Wildman–Crippen LogP) is 2.67. The first-order valence-electron chi connectivity index (χ1n) is 8.49. The number of benzene rings is 2. The molecule has 1 aliphatic heterocycles. The normalized spacial score (nSPS) is 14.1. The Hall–Kier alpha value is -2.93. The molecule has 1 saturated heterocycles. The number of nitrogens with zero attached hydrogens (tertiary/aromatic N) is 2.